The third kappa shape index (κ3) is 3.11. The fraction of sp³-hybridized carbons (Fsp3) is 0.429. The number of esters is 1. The molecule has 1 saturated carbocycles. The van der Waals surface area contributed by atoms with Crippen LogP contribution in [0.1, 0.15) is 37.0 Å². The highest BCUT2D eigenvalue weighted by Crippen LogP contribution is 2.32. The van der Waals surface area contributed by atoms with E-state index in [1.807, 2.05) is 25.1 Å². The van der Waals surface area contributed by atoms with Gasteiger partial charge in [-0.1, -0.05) is 22.0 Å². The van der Waals surface area contributed by atoms with Crippen molar-refractivity contribution in [1.82, 2.24) is 0 Å². The quantitative estimate of drug-likeness (QED) is 0.800. The van der Waals surface area contributed by atoms with Crippen LogP contribution in [-0.2, 0) is 16.0 Å². The van der Waals surface area contributed by atoms with E-state index in [1.165, 1.54) is 0 Å². The number of hydrogen-bond donors (Lipinski definition) is 0. The first-order chi connectivity index (χ1) is 8.61. The number of rotatable bonds is 4. The average molecular weight is 308 g/mol. The van der Waals surface area contributed by atoms with Gasteiger partial charge in [0.1, 0.15) is 6.10 Å². The second kappa shape index (κ2) is 5.53. The lowest BCUT2D eigenvalue weighted by molar-refractivity contribution is -0.150. The molecule has 0 spiro atoms. The minimum Gasteiger partial charge on any atom is -0.458 e. The Labute approximate surface area is 115 Å². The number of carbonyl (C=O) groups excluding carboxylic acids is 1. The lowest BCUT2D eigenvalue weighted by atomic mass is 10.1. The summed E-state index contributed by atoms with van der Waals surface area (Å²) in [5.74, 6) is 0.00808. The summed E-state index contributed by atoms with van der Waals surface area (Å²) in [7, 11) is 0. The molecule has 0 aliphatic heterocycles. The Morgan fingerprint density at radius 3 is 2.94 bits per heavy atom. The van der Waals surface area contributed by atoms with Crippen LogP contribution in [0.3, 0.4) is 0 Å². The molecule has 1 atom stereocenters. The van der Waals surface area contributed by atoms with Crippen LogP contribution in [0.4, 0.5) is 0 Å². The first kappa shape index (κ1) is 13.1. The maximum atomic E-state index is 11.6. The van der Waals surface area contributed by atoms with Crippen LogP contribution < -0.4 is 0 Å². The van der Waals surface area contributed by atoms with Gasteiger partial charge in [0.15, 0.2) is 0 Å². The Hall–Kier alpha value is -1.34. The largest absolute Gasteiger partial charge is 0.458 e. The SMILES string of the molecule is CC(OC(=O)C1CC1)c1ccc(Br)c(CC#N)c1. The van der Waals surface area contributed by atoms with Gasteiger partial charge in [0.25, 0.3) is 0 Å². The van der Waals surface area contributed by atoms with Gasteiger partial charge >= 0.3 is 5.97 Å². The molecule has 0 aromatic heterocycles. The Balaban J connectivity index is 2.09. The highest BCUT2D eigenvalue weighted by Gasteiger charge is 2.32. The maximum absolute atomic E-state index is 11.6. The van der Waals surface area contributed by atoms with Crippen molar-refractivity contribution in [2.24, 2.45) is 5.92 Å². The molecule has 18 heavy (non-hydrogen) atoms. The van der Waals surface area contributed by atoms with Gasteiger partial charge in [0.2, 0.25) is 0 Å². The number of nitriles is 1. The molecule has 3 nitrogen and oxygen atoms in total. The van der Waals surface area contributed by atoms with Crippen molar-refractivity contribution in [2.45, 2.75) is 32.3 Å². The molecule has 2 rings (SSSR count). The third-order valence-corrected chi connectivity index (χ3v) is 3.79. The molecule has 1 aliphatic rings. The van der Waals surface area contributed by atoms with Gasteiger partial charge < -0.3 is 4.74 Å². The summed E-state index contributed by atoms with van der Waals surface area (Å²) in [4.78, 5) is 11.6. The maximum Gasteiger partial charge on any atom is 0.309 e. The predicted molar refractivity (Wildman–Crippen MR) is 70.7 cm³/mol. The van der Waals surface area contributed by atoms with E-state index in [0.717, 1.165) is 28.4 Å². The van der Waals surface area contributed by atoms with Crippen molar-refractivity contribution >= 4 is 21.9 Å². The molecule has 1 unspecified atom stereocenters. The van der Waals surface area contributed by atoms with Gasteiger partial charge in [0.05, 0.1) is 18.4 Å². The van der Waals surface area contributed by atoms with Gasteiger partial charge in [-0.3, -0.25) is 4.79 Å². The van der Waals surface area contributed by atoms with Crippen molar-refractivity contribution < 1.29 is 9.53 Å². The summed E-state index contributed by atoms with van der Waals surface area (Å²) in [5, 5.41) is 8.74. The molecule has 0 amide bonds. The van der Waals surface area contributed by atoms with E-state index in [0.29, 0.717) is 6.42 Å². The molecule has 94 valence electrons. The van der Waals surface area contributed by atoms with Crippen LogP contribution in [0, 0.1) is 17.2 Å². The summed E-state index contributed by atoms with van der Waals surface area (Å²) in [5.41, 5.74) is 1.85. The Kier molecular flexibility index (Phi) is 4.03. The lowest BCUT2D eigenvalue weighted by Crippen LogP contribution is -2.10. The summed E-state index contributed by atoms with van der Waals surface area (Å²) < 4.78 is 6.31. The van der Waals surface area contributed by atoms with E-state index in [9.17, 15) is 4.79 Å². The number of carbonyl (C=O) groups is 1. The zero-order chi connectivity index (χ0) is 13.1. The molecule has 1 aliphatic carbocycles. The van der Waals surface area contributed by atoms with Gasteiger partial charge in [0, 0.05) is 4.47 Å². The minimum absolute atomic E-state index is 0.104. The van der Waals surface area contributed by atoms with E-state index < -0.39 is 0 Å². The fourth-order valence-electron chi connectivity index (χ4n) is 1.73. The van der Waals surface area contributed by atoms with E-state index in [1.54, 1.807) is 0 Å². The topological polar surface area (TPSA) is 50.1 Å². The van der Waals surface area contributed by atoms with Crippen molar-refractivity contribution in [3.8, 4) is 6.07 Å². The van der Waals surface area contributed by atoms with Crippen molar-refractivity contribution in [3.63, 3.8) is 0 Å². The highest BCUT2D eigenvalue weighted by atomic mass is 79.9. The number of ether oxygens (including phenoxy) is 1. The smallest absolute Gasteiger partial charge is 0.309 e. The first-order valence-corrected chi connectivity index (χ1v) is 6.77. The van der Waals surface area contributed by atoms with E-state index in [-0.39, 0.29) is 18.0 Å². The van der Waals surface area contributed by atoms with Crippen LogP contribution in [0.15, 0.2) is 22.7 Å². The molecule has 4 heteroatoms. The molecule has 1 aromatic rings. The first-order valence-electron chi connectivity index (χ1n) is 5.97. The lowest BCUT2D eigenvalue weighted by Gasteiger charge is -2.14. The van der Waals surface area contributed by atoms with Gasteiger partial charge in [-0.2, -0.15) is 5.26 Å². The molecule has 0 radical (unpaired) electrons. The molecule has 0 bridgehead atoms. The van der Waals surface area contributed by atoms with Crippen LogP contribution >= 0.6 is 15.9 Å². The fourth-order valence-corrected chi connectivity index (χ4v) is 2.11. The zero-order valence-corrected chi connectivity index (χ0v) is 11.7. The summed E-state index contributed by atoms with van der Waals surface area (Å²) >= 11 is 3.41. The van der Waals surface area contributed by atoms with E-state index in [4.69, 9.17) is 10.00 Å². The van der Waals surface area contributed by atoms with Crippen molar-refractivity contribution in [1.29, 1.82) is 5.26 Å². The monoisotopic (exact) mass is 307 g/mol. The van der Waals surface area contributed by atoms with Crippen LogP contribution in [0.5, 0.6) is 0 Å². The minimum atomic E-state index is -0.261. The zero-order valence-electron chi connectivity index (χ0n) is 10.1. The number of benzene rings is 1. The standard InChI is InChI=1S/C14H14BrNO2/c1-9(18-14(17)10-2-3-10)11-4-5-13(15)12(8-11)6-7-16/h4-5,8-10H,2-3,6H2,1H3. The molecule has 0 saturated heterocycles. The normalized spacial score (nSPS) is 15.8. The number of halogens is 1. The van der Waals surface area contributed by atoms with E-state index in [2.05, 4.69) is 22.0 Å². The Morgan fingerprint density at radius 1 is 1.61 bits per heavy atom. The van der Waals surface area contributed by atoms with E-state index >= 15 is 0 Å². The summed E-state index contributed by atoms with van der Waals surface area (Å²) in [6, 6.07) is 7.84. The predicted octanol–water partition coefficient (Wildman–Crippen LogP) is 3.53. The Bertz CT molecular complexity index is 503. The van der Waals surface area contributed by atoms with Crippen LogP contribution in [0.2, 0.25) is 0 Å². The molecule has 0 N–H and O–H groups in total. The van der Waals surface area contributed by atoms with Gasteiger partial charge in [-0.05, 0) is 43.0 Å². The number of nitrogens with zero attached hydrogens (tertiary/aromatic N) is 1. The Morgan fingerprint density at radius 2 is 2.33 bits per heavy atom. The van der Waals surface area contributed by atoms with Crippen molar-refractivity contribution in [2.75, 3.05) is 0 Å². The van der Waals surface area contributed by atoms with Gasteiger partial charge in [-0.15, -0.1) is 0 Å². The molecule has 1 aromatic carbocycles. The van der Waals surface area contributed by atoms with Crippen LogP contribution in [-0.4, -0.2) is 5.97 Å². The third-order valence-electron chi connectivity index (χ3n) is 3.01. The van der Waals surface area contributed by atoms with Crippen LogP contribution in [0.25, 0.3) is 0 Å². The number of hydrogen-bond acceptors (Lipinski definition) is 3. The highest BCUT2D eigenvalue weighted by molar-refractivity contribution is 9.10. The van der Waals surface area contributed by atoms with Crippen molar-refractivity contribution in [3.05, 3.63) is 33.8 Å². The second-order valence-electron chi connectivity index (χ2n) is 4.54. The molecule has 0 heterocycles. The summed E-state index contributed by atoms with van der Waals surface area (Å²) in [6.45, 7) is 1.86. The molecular formula is C14H14BrNO2. The average Bonchev–Trinajstić information content (AvgIpc) is 3.16. The molecular weight excluding hydrogens is 294 g/mol. The summed E-state index contributed by atoms with van der Waals surface area (Å²) in [6.07, 6.45) is 1.98. The second-order valence-corrected chi connectivity index (χ2v) is 5.39. The van der Waals surface area contributed by atoms with Gasteiger partial charge in [-0.25, -0.2) is 0 Å². The molecule has 1 fully saturated rings.